The average Bonchev–Trinajstić information content (AvgIpc) is 2.38. The molecular formula is C14H23NOS. The van der Waals surface area contributed by atoms with E-state index in [1.54, 1.807) is 11.8 Å². The van der Waals surface area contributed by atoms with Gasteiger partial charge in [-0.2, -0.15) is 11.8 Å². The Morgan fingerprint density at radius 3 is 2.47 bits per heavy atom. The van der Waals surface area contributed by atoms with Crippen molar-refractivity contribution < 1.29 is 5.11 Å². The second-order valence-corrected chi connectivity index (χ2v) is 5.15. The summed E-state index contributed by atoms with van der Waals surface area (Å²) in [5.41, 5.74) is 2.72. The highest BCUT2D eigenvalue weighted by atomic mass is 32.2. The van der Waals surface area contributed by atoms with Gasteiger partial charge in [0.15, 0.2) is 0 Å². The van der Waals surface area contributed by atoms with Gasteiger partial charge in [-0.1, -0.05) is 38.1 Å². The lowest BCUT2D eigenvalue weighted by Crippen LogP contribution is -2.23. The Labute approximate surface area is 109 Å². The van der Waals surface area contributed by atoms with Crippen LogP contribution in [0.3, 0.4) is 0 Å². The topological polar surface area (TPSA) is 32.3 Å². The van der Waals surface area contributed by atoms with E-state index in [9.17, 15) is 0 Å². The second kappa shape index (κ2) is 8.56. The maximum Gasteiger partial charge on any atom is 0.0521 e. The van der Waals surface area contributed by atoms with Gasteiger partial charge in [0.25, 0.3) is 0 Å². The first-order valence-corrected chi connectivity index (χ1v) is 7.48. The normalized spacial score (nSPS) is 12.6. The SMILES string of the molecule is CCNC(CSCCO)c1ccc(CC)cc1. The van der Waals surface area contributed by atoms with E-state index in [1.807, 2.05) is 0 Å². The van der Waals surface area contributed by atoms with E-state index in [1.165, 1.54) is 11.1 Å². The fraction of sp³-hybridized carbons (Fsp3) is 0.571. The molecule has 0 aliphatic rings. The number of hydrogen-bond donors (Lipinski definition) is 2. The number of thioether (sulfide) groups is 1. The van der Waals surface area contributed by atoms with Crippen molar-refractivity contribution in [2.45, 2.75) is 26.3 Å². The van der Waals surface area contributed by atoms with Crippen molar-refractivity contribution >= 4 is 11.8 Å². The number of rotatable bonds is 8. The number of benzene rings is 1. The van der Waals surface area contributed by atoms with Crippen LogP contribution in [0.25, 0.3) is 0 Å². The fourth-order valence-corrected chi connectivity index (χ4v) is 2.61. The quantitative estimate of drug-likeness (QED) is 0.699. The molecule has 0 radical (unpaired) electrons. The summed E-state index contributed by atoms with van der Waals surface area (Å²) in [6.45, 7) is 5.54. The van der Waals surface area contributed by atoms with Crippen LogP contribution in [0.2, 0.25) is 0 Å². The van der Waals surface area contributed by atoms with E-state index in [-0.39, 0.29) is 6.61 Å². The predicted octanol–water partition coefficient (Wildman–Crippen LogP) is 2.63. The molecule has 0 amide bonds. The maximum absolute atomic E-state index is 8.81. The van der Waals surface area contributed by atoms with Gasteiger partial charge in [0.05, 0.1) is 6.61 Å². The second-order valence-electron chi connectivity index (χ2n) is 4.00. The Morgan fingerprint density at radius 2 is 1.94 bits per heavy atom. The highest BCUT2D eigenvalue weighted by molar-refractivity contribution is 7.99. The Balaban J connectivity index is 2.60. The molecular weight excluding hydrogens is 230 g/mol. The minimum absolute atomic E-state index is 0.262. The van der Waals surface area contributed by atoms with Crippen LogP contribution in [0, 0.1) is 0 Å². The van der Waals surface area contributed by atoms with Crippen molar-refractivity contribution in [3.8, 4) is 0 Å². The summed E-state index contributed by atoms with van der Waals surface area (Å²) in [6.07, 6.45) is 1.09. The molecule has 1 atom stereocenters. The molecule has 0 aromatic heterocycles. The summed E-state index contributed by atoms with van der Waals surface area (Å²) in [4.78, 5) is 0. The Hall–Kier alpha value is -0.510. The van der Waals surface area contributed by atoms with Crippen LogP contribution in [0.5, 0.6) is 0 Å². The minimum atomic E-state index is 0.262. The molecule has 2 nitrogen and oxygen atoms in total. The zero-order chi connectivity index (χ0) is 12.5. The molecule has 17 heavy (non-hydrogen) atoms. The highest BCUT2D eigenvalue weighted by Gasteiger charge is 2.09. The number of aryl methyl sites for hydroxylation is 1. The molecule has 0 saturated carbocycles. The van der Waals surface area contributed by atoms with Crippen molar-refractivity contribution in [2.75, 3.05) is 24.7 Å². The molecule has 1 unspecified atom stereocenters. The third kappa shape index (κ3) is 5.11. The Morgan fingerprint density at radius 1 is 1.24 bits per heavy atom. The van der Waals surface area contributed by atoms with E-state index in [0.717, 1.165) is 24.5 Å². The number of aliphatic hydroxyl groups is 1. The number of hydrogen-bond acceptors (Lipinski definition) is 3. The third-order valence-electron chi connectivity index (χ3n) is 2.76. The van der Waals surface area contributed by atoms with E-state index < -0.39 is 0 Å². The molecule has 96 valence electrons. The zero-order valence-corrected chi connectivity index (χ0v) is 11.6. The Bertz CT molecular complexity index is 300. The summed E-state index contributed by atoms with van der Waals surface area (Å²) >= 11 is 1.79. The summed E-state index contributed by atoms with van der Waals surface area (Å²) in [5, 5.41) is 12.3. The van der Waals surface area contributed by atoms with Crippen LogP contribution < -0.4 is 5.32 Å². The maximum atomic E-state index is 8.81. The van der Waals surface area contributed by atoms with E-state index in [0.29, 0.717) is 6.04 Å². The van der Waals surface area contributed by atoms with Crippen LogP contribution in [0.4, 0.5) is 0 Å². The van der Waals surface area contributed by atoms with Gasteiger partial charge in [0.2, 0.25) is 0 Å². The predicted molar refractivity (Wildman–Crippen MR) is 76.6 cm³/mol. The lowest BCUT2D eigenvalue weighted by Gasteiger charge is -2.18. The molecule has 1 aromatic rings. The van der Waals surface area contributed by atoms with Crippen LogP contribution >= 0.6 is 11.8 Å². The lowest BCUT2D eigenvalue weighted by atomic mass is 10.1. The summed E-state index contributed by atoms with van der Waals surface area (Å²) in [7, 11) is 0. The van der Waals surface area contributed by atoms with Crippen LogP contribution in [0.1, 0.15) is 31.0 Å². The monoisotopic (exact) mass is 253 g/mol. The third-order valence-corrected chi connectivity index (χ3v) is 3.80. The fourth-order valence-electron chi connectivity index (χ4n) is 1.77. The summed E-state index contributed by atoms with van der Waals surface area (Å²) < 4.78 is 0. The van der Waals surface area contributed by atoms with Gasteiger partial charge in [0, 0.05) is 17.5 Å². The molecule has 0 heterocycles. The van der Waals surface area contributed by atoms with Gasteiger partial charge < -0.3 is 10.4 Å². The first-order chi connectivity index (χ1) is 8.31. The van der Waals surface area contributed by atoms with Crippen molar-refractivity contribution in [1.29, 1.82) is 0 Å². The van der Waals surface area contributed by atoms with Crippen molar-refractivity contribution in [1.82, 2.24) is 5.32 Å². The molecule has 0 spiro atoms. The van der Waals surface area contributed by atoms with Crippen LogP contribution in [-0.4, -0.2) is 29.8 Å². The summed E-state index contributed by atoms with van der Waals surface area (Å²) in [6, 6.07) is 9.23. The first-order valence-electron chi connectivity index (χ1n) is 6.32. The minimum Gasteiger partial charge on any atom is -0.396 e. The van der Waals surface area contributed by atoms with Gasteiger partial charge >= 0.3 is 0 Å². The van der Waals surface area contributed by atoms with Gasteiger partial charge in [-0.25, -0.2) is 0 Å². The molecule has 3 heteroatoms. The standard InChI is InChI=1S/C14H23NOS/c1-3-12-5-7-13(8-6-12)14(15-4-2)11-17-10-9-16/h5-8,14-16H,3-4,9-11H2,1-2H3. The Kier molecular flexibility index (Phi) is 7.33. The molecule has 0 fully saturated rings. The average molecular weight is 253 g/mol. The number of nitrogens with one attached hydrogen (secondary N) is 1. The van der Waals surface area contributed by atoms with Gasteiger partial charge in [-0.3, -0.25) is 0 Å². The lowest BCUT2D eigenvalue weighted by molar-refractivity contribution is 0.322. The van der Waals surface area contributed by atoms with Crippen molar-refractivity contribution in [2.24, 2.45) is 0 Å². The van der Waals surface area contributed by atoms with Crippen LogP contribution in [-0.2, 0) is 6.42 Å². The largest absolute Gasteiger partial charge is 0.396 e. The molecule has 0 aliphatic heterocycles. The molecule has 2 N–H and O–H groups in total. The van der Waals surface area contributed by atoms with E-state index in [2.05, 4.69) is 43.4 Å². The highest BCUT2D eigenvalue weighted by Crippen LogP contribution is 2.19. The number of aliphatic hydroxyl groups excluding tert-OH is 1. The van der Waals surface area contributed by atoms with Crippen molar-refractivity contribution in [3.63, 3.8) is 0 Å². The molecule has 0 aliphatic carbocycles. The van der Waals surface area contributed by atoms with Crippen molar-refractivity contribution in [3.05, 3.63) is 35.4 Å². The van der Waals surface area contributed by atoms with E-state index >= 15 is 0 Å². The van der Waals surface area contributed by atoms with E-state index in [4.69, 9.17) is 5.11 Å². The molecule has 0 bridgehead atoms. The smallest absolute Gasteiger partial charge is 0.0521 e. The first kappa shape index (κ1) is 14.6. The summed E-state index contributed by atoms with van der Waals surface area (Å²) in [5.74, 6) is 1.83. The van der Waals surface area contributed by atoms with Gasteiger partial charge in [-0.05, 0) is 24.1 Å². The van der Waals surface area contributed by atoms with Gasteiger partial charge in [-0.15, -0.1) is 0 Å². The zero-order valence-electron chi connectivity index (χ0n) is 10.8. The molecule has 1 rings (SSSR count). The van der Waals surface area contributed by atoms with Gasteiger partial charge in [0.1, 0.15) is 0 Å². The van der Waals surface area contributed by atoms with Crippen LogP contribution in [0.15, 0.2) is 24.3 Å². The molecule has 0 saturated heterocycles. The molecule has 1 aromatic carbocycles.